The highest BCUT2D eigenvalue weighted by molar-refractivity contribution is 5.70. The van der Waals surface area contributed by atoms with Crippen LogP contribution < -0.4 is 0 Å². The molecule has 0 aromatic heterocycles. The molecule has 7 bridgehead atoms. The van der Waals surface area contributed by atoms with Crippen molar-refractivity contribution < 1.29 is 19.0 Å². The van der Waals surface area contributed by atoms with Crippen molar-refractivity contribution in [1.82, 2.24) is 0 Å². The number of hydrogen-bond acceptors (Lipinski definition) is 4. The number of carbonyl (C=O) groups excluding carboxylic acids is 1. The van der Waals surface area contributed by atoms with Crippen LogP contribution in [0, 0.1) is 40.9 Å². The van der Waals surface area contributed by atoms with Gasteiger partial charge in [-0.15, -0.1) is 0 Å². The van der Waals surface area contributed by atoms with Crippen molar-refractivity contribution in [3.63, 3.8) is 0 Å². The van der Waals surface area contributed by atoms with E-state index in [0.717, 1.165) is 12.8 Å². The van der Waals surface area contributed by atoms with Crippen LogP contribution in [0.2, 0.25) is 0 Å². The lowest BCUT2D eigenvalue weighted by molar-refractivity contribution is -0.300. The molecule has 0 aromatic rings. The average molecular weight is 344 g/mol. The first kappa shape index (κ1) is 14.4. The third-order valence-corrected chi connectivity index (χ3v) is 9.92. The van der Waals surface area contributed by atoms with Crippen molar-refractivity contribution in [1.29, 1.82) is 0 Å². The minimum absolute atomic E-state index is 0.0475. The zero-order chi connectivity index (χ0) is 16.6. The number of rotatable bonds is 1. The monoisotopic (exact) mass is 344 g/mol. The Morgan fingerprint density at radius 3 is 3.04 bits per heavy atom. The molecule has 5 aliphatic carbocycles. The van der Waals surface area contributed by atoms with E-state index in [1.165, 1.54) is 32.1 Å². The summed E-state index contributed by atoms with van der Waals surface area (Å²) >= 11 is 0. The topological polar surface area (TPSA) is 44.8 Å². The van der Waals surface area contributed by atoms with E-state index in [1.807, 2.05) is 0 Å². The van der Waals surface area contributed by atoms with Gasteiger partial charge in [0.2, 0.25) is 0 Å². The molecule has 2 spiro atoms. The Balaban J connectivity index is 1.44. The normalized spacial score (nSPS) is 65.6. The highest BCUT2D eigenvalue weighted by Crippen LogP contribution is 2.79. The van der Waals surface area contributed by atoms with E-state index in [9.17, 15) is 4.79 Å². The van der Waals surface area contributed by atoms with Gasteiger partial charge >= 0.3 is 5.97 Å². The van der Waals surface area contributed by atoms with Crippen LogP contribution in [-0.4, -0.2) is 30.1 Å². The van der Waals surface area contributed by atoms with Gasteiger partial charge in [-0.05, 0) is 61.7 Å². The summed E-state index contributed by atoms with van der Waals surface area (Å²) < 4.78 is 19.6. The van der Waals surface area contributed by atoms with E-state index < -0.39 is 0 Å². The molecule has 0 radical (unpaired) electrons. The molecule has 8 rings (SSSR count). The van der Waals surface area contributed by atoms with Gasteiger partial charge < -0.3 is 14.2 Å². The van der Waals surface area contributed by atoms with Crippen LogP contribution in [0.5, 0.6) is 0 Å². The number of cyclic esters (lactones) is 1. The smallest absolute Gasteiger partial charge is 0.306 e. The molecule has 4 heteroatoms. The molecule has 6 unspecified atom stereocenters. The van der Waals surface area contributed by atoms with Gasteiger partial charge in [0, 0.05) is 24.2 Å². The highest BCUT2D eigenvalue weighted by atomic mass is 16.8. The summed E-state index contributed by atoms with van der Waals surface area (Å²) in [5.74, 6) is 3.47. The van der Waals surface area contributed by atoms with Crippen molar-refractivity contribution in [2.75, 3.05) is 6.61 Å². The van der Waals surface area contributed by atoms with E-state index in [-0.39, 0.29) is 22.8 Å². The summed E-state index contributed by atoms with van der Waals surface area (Å²) in [6, 6.07) is 0. The third-order valence-electron chi connectivity index (χ3n) is 9.92. The Bertz CT molecular complexity index is 677. The average Bonchev–Trinajstić information content (AvgIpc) is 3.05. The fourth-order valence-corrected chi connectivity index (χ4v) is 9.20. The lowest BCUT2D eigenvalue weighted by Crippen LogP contribution is -2.76. The molecule has 136 valence electrons. The van der Waals surface area contributed by atoms with Crippen LogP contribution in [0.4, 0.5) is 0 Å². The lowest BCUT2D eigenvalue weighted by Gasteiger charge is -2.73. The van der Waals surface area contributed by atoms with Crippen molar-refractivity contribution in [3.05, 3.63) is 0 Å². The lowest BCUT2D eigenvalue weighted by atomic mass is 9.32. The van der Waals surface area contributed by atoms with Crippen LogP contribution in [0.25, 0.3) is 0 Å². The Morgan fingerprint density at radius 2 is 2.16 bits per heavy atom. The predicted molar refractivity (Wildman–Crippen MR) is 88.4 cm³/mol. The molecule has 3 saturated heterocycles. The first-order chi connectivity index (χ1) is 12.1. The third kappa shape index (κ3) is 1.34. The first-order valence-electron chi connectivity index (χ1n) is 10.7. The molecule has 0 aromatic carbocycles. The summed E-state index contributed by atoms with van der Waals surface area (Å²) in [7, 11) is 0. The summed E-state index contributed by atoms with van der Waals surface area (Å²) in [5.41, 5.74) is 0.124. The minimum atomic E-state index is -0.306. The van der Waals surface area contributed by atoms with Crippen molar-refractivity contribution in [3.8, 4) is 0 Å². The number of esters is 1. The first-order valence-corrected chi connectivity index (χ1v) is 10.7. The Labute approximate surface area is 148 Å². The molecule has 5 saturated carbocycles. The predicted octanol–water partition coefficient (Wildman–Crippen LogP) is 3.29. The maximum atomic E-state index is 12.3. The molecule has 8 fully saturated rings. The Morgan fingerprint density at radius 1 is 1.24 bits per heavy atom. The summed E-state index contributed by atoms with van der Waals surface area (Å²) in [4.78, 5) is 12.3. The second-order valence-corrected chi connectivity index (χ2v) is 10.3. The molecule has 8 aliphatic rings. The Hall–Kier alpha value is -0.610. The number of ether oxygens (including phenoxy) is 3. The van der Waals surface area contributed by atoms with Crippen molar-refractivity contribution >= 4 is 5.97 Å². The van der Waals surface area contributed by atoms with E-state index in [0.29, 0.717) is 54.6 Å². The molecule has 3 aliphatic heterocycles. The fraction of sp³-hybridized carbons (Fsp3) is 0.952. The summed E-state index contributed by atoms with van der Waals surface area (Å²) in [6.45, 7) is 2.89. The quantitative estimate of drug-likeness (QED) is 0.685. The molecule has 4 nitrogen and oxygen atoms in total. The van der Waals surface area contributed by atoms with Crippen molar-refractivity contribution in [2.45, 2.75) is 75.8 Å². The molecule has 10 atom stereocenters. The maximum absolute atomic E-state index is 12.3. The molecule has 0 N–H and O–H groups in total. The van der Waals surface area contributed by atoms with Gasteiger partial charge in [-0.25, -0.2) is 0 Å². The van der Waals surface area contributed by atoms with E-state index in [4.69, 9.17) is 14.2 Å². The summed E-state index contributed by atoms with van der Waals surface area (Å²) in [5, 5.41) is 0. The second kappa shape index (κ2) is 4.11. The molecule has 0 amide bonds. The van der Waals surface area contributed by atoms with Gasteiger partial charge in [-0.1, -0.05) is 13.3 Å². The zero-order valence-corrected chi connectivity index (χ0v) is 15.0. The van der Waals surface area contributed by atoms with Gasteiger partial charge in [0.25, 0.3) is 0 Å². The van der Waals surface area contributed by atoms with Crippen LogP contribution in [0.15, 0.2) is 0 Å². The van der Waals surface area contributed by atoms with Gasteiger partial charge in [0.1, 0.15) is 5.60 Å². The van der Waals surface area contributed by atoms with E-state index >= 15 is 0 Å². The summed E-state index contributed by atoms with van der Waals surface area (Å²) in [6.07, 6.45) is 9.39. The molecular weight excluding hydrogens is 316 g/mol. The number of hydrogen-bond donors (Lipinski definition) is 0. The minimum Gasteiger partial charge on any atom is -0.465 e. The largest absolute Gasteiger partial charge is 0.465 e. The fourth-order valence-electron chi connectivity index (χ4n) is 9.20. The van der Waals surface area contributed by atoms with Crippen LogP contribution in [0.1, 0.15) is 58.3 Å². The number of fused-ring (bicyclic) bond motifs is 1. The van der Waals surface area contributed by atoms with Crippen LogP contribution >= 0.6 is 0 Å². The second-order valence-electron chi connectivity index (χ2n) is 10.3. The van der Waals surface area contributed by atoms with Gasteiger partial charge in [-0.2, -0.15) is 0 Å². The maximum Gasteiger partial charge on any atom is 0.306 e. The van der Waals surface area contributed by atoms with Gasteiger partial charge in [-0.3, -0.25) is 4.79 Å². The molecule has 25 heavy (non-hydrogen) atoms. The van der Waals surface area contributed by atoms with Gasteiger partial charge in [0.05, 0.1) is 12.7 Å². The molecule has 3 heterocycles. The SMILES string of the molecule is CCC12C[C@@H]3CCCC4[C@]56COC(=O)CC(C5)C5CC6C5[C@@H](O1)[C@@]43O2. The van der Waals surface area contributed by atoms with Crippen LogP contribution in [0.3, 0.4) is 0 Å². The molecular formula is C21H28O4. The van der Waals surface area contributed by atoms with Gasteiger partial charge in [0.15, 0.2) is 5.79 Å². The standard InChI is InChI=1S/C21H28O4/c1-2-20-9-12-4-3-5-15-19-8-11(6-16(22)23-10-19)13-7-14(19)17(13)18(24-20)21(12,15)25-20/h11-15,17-18H,2-10H2,1H3/t11?,12-,13?,14?,15?,17?,18+,19-,20?,21-/m0/s1. The van der Waals surface area contributed by atoms with E-state index in [1.54, 1.807) is 0 Å². The zero-order valence-electron chi connectivity index (χ0n) is 15.0. The van der Waals surface area contributed by atoms with Crippen molar-refractivity contribution in [2.24, 2.45) is 40.9 Å². The van der Waals surface area contributed by atoms with E-state index in [2.05, 4.69) is 6.92 Å². The highest BCUT2D eigenvalue weighted by Gasteiger charge is 2.83. The Kier molecular flexibility index (Phi) is 2.38. The van der Waals surface area contributed by atoms with Crippen LogP contribution in [-0.2, 0) is 19.0 Å². The number of carbonyl (C=O) groups is 1.